The molecule has 0 bridgehead atoms. The molecule has 1 aliphatic carbocycles. The van der Waals surface area contributed by atoms with E-state index >= 15 is 0 Å². The van der Waals surface area contributed by atoms with Crippen molar-refractivity contribution in [1.82, 2.24) is 0 Å². The van der Waals surface area contributed by atoms with Gasteiger partial charge in [-0.15, -0.1) is 0 Å². The molecule has 1 aliphatic rings. The van der Waals surface area contributed by atoms with Crippen LogP contribution < -0.4 is 0 Å². The fourth-order valence-electron chi connectivity index (χ4n) is 1.94. The van der Waals surface area contributed by atoms with Crippen LogP contribution in [0.2, 0.25) is 0 Å². The standard InChI is InChI=1S/C11H12F2O/c1-6(14)7-5-8(7)11-9(12)3-2-4-10(11)13/h2-4,6-8,14H,5H2,1H3/t6-,7-,8+/m0/s1. The third-order valence-electron chi connectivity index (χ3n) is 2.83. The van der Waals surface area contributed by atoms with E-state index in [1.807, 2.05) is 0 Å². The number of hydrogen-bond acceptors (Lipinski definition) is 1. The highest BCUT2D eigenvalue weighted by molar-refractivity contribution is 5.29. The zero-order valence-electron chi connectivity index (χ0n) is 7.87. The van der Waals surface area contributed by atoms with Crippen molar-refractivity contribution in [2.24, 2.45) is 5.92 Å². The van der Waals surface area contributed by atoms with E-state index in [2.05, 4.69) is 0 Å². The Morgan fingerprint density at radius 2 is 1.93 bits per heavy atom. The first kappa shape index (κ1) is 9.59. The Kier molecular flexibility index (Phi) is 2.27. The van der Waals surface area contributed by atoms with Gasteiger partial charge in [-0.2, -0.15) is 0 Å². The van der Waals surface area contributed by atoms with Gasteiger partial charge < -0.3 is 5.11 Å². The molecule has 1 N–H and O–H groups in total. The van der Waals surface area contributed by atoms with Crippen LogP contribution in [0.25, 0.3) is 0 Å². The minimum atomic E-state index is -0.502. The fraction of sp³-hybridized carbons (Fsp3) is 0.455. The molecule has 0 amide bonds. The number of rotatable bonds is 2. The Morgan fingerprint density at radius 3 is 2.36 bits per heavy atom. The third kappa shape index (κ3) is 1.52. The first-order valence-electron chi connectivity index (χ1n) is 4.73. The summed E-state index contributed by atoms with van der Waals surface area (Å²) in [6.07, 6.45) is 0.189. The van der Waals surface area contributed by atoms with E-state index in [0.717, 1.165) is 0 Å². The number of hydrogen-bond donors (Lipinski definition) is 1. The summed E-state index contributed by atoms with van der Waals surface area (Å²) in [7, 11) is 0. The number of aliphatic hydroxyl groups excluding tert-OH is 1. The second kappa shape index (κ2) is 3.31. The lowest BCUT2D eigenvalue weighted by molar-refractivity contribution is 0.168. The van der Waals surface area contributed by atoms with Gasteiger partial charge in [-0.25, -0.2) is 8.78 Å². The second-order valence-electron chi connectivity index (χ2n) is 3.88. The summed E-state index contributed by atoms with van der Waals surface area (Å²) in [5.74, 6) is -1.13. The normalized spacial score (nSPS) is 27.4. The van der Waals surface area contributed by atoms with E-state index in [1.54, 1.807) is 6.92 Å². The van der Waals surface area contributed by atoms with Crippen LogP contribution in [0.1, 0.15) is 24.8 Å². The van der Waals surface area contributed by atoms with Crippen molar-refractivity contribution in [3.8, 4) is 0 Å². The molecule has 1 nitrogen and oxygen atoms in total. The lowest BCUT2D eigenvalue weighted by atomic mass is 10.1. The van der Waals surface area contributed by atoms with E-state index in [9.17, 15) is 13.9 Å². The fourth-order valence-corrected chi connectivity index (χ4v) is 1.94. The van der Waals surface area contributed by atoms with Gasteiger partial charge in [0.15, 0.2) is 0 Å². The molecule has 3 heteroatoms. The summed E-state index contributed by atoms with van der Waals surface area (Å²) < 4.78 is 26.5. The van der Waals surface area contributed by atoms with Gasteiger partial charge in [0.25, 0.3) is 0 Å². The number of benzene rings is 1. The molecule has 76 valence electrons. The predicted octanol–water partition coefficient (Wildman–Crippen LogP) is 2.45. The molecule has 0 heterocycles. The summed E-state index contributed by atoms with van der Waals surface area (Å²) >= 11 is 0. The van der Waals surface area contributed by atoms with E-state index in [-0.39, 0.29) is 17.4 Å². The maximum absolute atomic E-state index is 13.3. The van der Waals surface area contributed by atoms with Crippen molar-refractivity contribution in [2.45, 2.75) is 25.4 Å². The summed E-state index contributed by atoms with van der Waals surface area (Å²) in [4.78, 5) is 0. The zero-order chi connectivity index (χ0) is 10.3. The Morgan fingerprint density at radius 1 is 1.36 bits per heavy atom. The lowest BCUT2D eigenvalue weighted by Gasteiger charge is -2.05. The summed E-state index contributed by atoms with van der Waals surface area (Å²) in [5.41, 5.74) is 0.137. The molecule has 0 aliphatic heterocycles. The number of halogens is 2. The third-order valence-corrected chi connectivity index (χ3v) is 2.83. The zero-order valence-corrected chi connectivity index (χ0v) is 7.87. The van der Waals surface area contributed by atoms with Crippen molar-refractivity contribution in [3.63, 3.8) is 0 Å². The quantitative estimate of drug-likeness (QED) is 0.773. The van der Waals surface area contributed by atoms with Crippen LogP contribution in [0, 0.1) is 17.6 Å². The van der Waals surface area contributed by atoms with Gasteiger partial charge >= 0.3 is 0 Å². The predicted molar refractivity (Wildman–Crippen MR) is 48.9 cm³/mol. The van der Waals surface area contributed by atoms with Gasteiger partial charge in [0.05, 0.1) is 6.10 Å². The summed E-state index contributed by atoms with van der Waals surface area (Å²) in [6.45, 7) is 1.66. The highest BCUT2D eigenvalue weighted by Crippen LogP contribution is 2.50. The van der Waals surface area contributed by atoms with Gasteiger partial charge in [-0.3, -0.25) is 0 Å². The van der Waals surface area contributed by atoms with Crippen LogP contribution >= 0.6 is 0 Å². The second-order valence-corrected chi connectivity index (χ2v) is 3.88. The summed E-state index contributed by atoms with van der Waals surface area (Å²) in [6, 6.07) is 3.87. The Hall–Kier alpha value is -0.960. The SMILES string of the molecule is C[C@H](O)[C@@H]1C[C@H]1c1c(F)cccc1F. The largest absolute Gasteiger partial charge is 0.393 e. The molecule has 14 heavy (non-hydrogen) atoms. The van der Waals surface area contributed by atoms with Crippen molar-refractivity contribution in [2.75, 3.05) is 0 Å². The van der Waals surface area contributed by atoms with Crippen molar-refractivity contribution < 1.29 is 13.9 Å². The van der Waals surface area contributed by atoms with E-state index in [1.165, 1.54) is 18.2 Å². The highest BCUT2D eigenvalue weighted by atomic mass is 19.1. The molecule has 1 saturated carbocycles. The molecule has 3 atom stereocenters. The molecular weight excluding hydrogens is 186 g/mol. The van der Waals surface area contributed by atoms with E-state index < -0.39 is 17.7 Å². The van der Waals surface area contributed by atoms with Gasteiger partial charge in [-0.1, -0.05) is 6.07 Å². The molecule has 0 spiro atoms. The van der Waals surface area contributed by atoms with Gasteiger partial charge in [0, 0.05) is 5.56 Å². The van der Waals surface area contributed by atoms with E-state index in [4.69, 9.17) is 0 Å². The maximum Gasteiger partial charge on any atom is 0.129 e. The first-order chi connectivity index (χ1) is 6.61. The van der Waals surface area contributed by atoms with Gasteiger partial charge in [0.1, 0.15) is 11.6 Å². The van der Waals surface area contributed by atoms with Crippen LogP contribution in [0.5, 0.6) is 0 Å². The molecule has 1 aromatic rings. The molecule has 0 unspecified atom stereocenters. The van der Waals surface area contributed by atoms with Crippen molar-refractivity contribution >= 4 is 0 Å². The maximum atomic E-state index is 13.3. The molecule has 0 radical (unpaired) electrons. The lowest BCUT2D eigenvalue weighted by Crippen LogP contribution is -2.05. The Bertz CT molecular complexity index is 329. The van der Waals surface area contributed by atoms with Crippen LogP contribution in [-0.2, 0) is 0 Å². The molecule has 2 rings (SSSR count). The average molecular weight is 198 g/mol. The minimum Gasteiger partial charge on any atom is -0.393 e. The Labute approximate surface area is 81.4 Å². The molecule has 1 aromatic carbocycles. The topological polar surface area (TPSA) is 20.2 Å². The van der Waals surface area contributed by atoms with Gasteiger partial charge in [-0.05, 0) is 37.3 Å². The summed E-state index contributed by atoms with van der Waals surface area (Å²) in [5, 5.41) is 9.26. The molecule has 0 saturated heterocycles. The molecular formula is C11H12F2O. The minimum absolute atomic E-state index is 0.0152. The average Bonchev–Trinajstić information content (AvgIpc) is 2.83. The van der Waals surface area contributed by atoms with Crippen LogP contribution in [0.4, 0.5) is 8.78 Å². The molecule has 1 fully saturated rings. The smallest absolute Gasteiger partial charge is 0.129 e. The molecule has 0 aromatic heterocycles. The van der Waals surface area contributed by atoms with Crippen LogP contribution in [-0.4, -0.2) is 11.2 Å². The van der Waals surface area contributed by atoms with Crippen LogP contribution in [0.3, 0.4) is 0 Å². The van der Waals surface area contributed by atoms with E-state index in [0.29, 0.717) is 6.42 Å². The highest BCUT2D eigenvalue weighted by Gasteiger charge is 2.44. The monoisotopic (exact) mass is 198 g/mol. The number of aliphatic hydroxyl groups is 1. The van der Waals surface area contributed by atoms with Gasteiger partial charge in [0.2, 0.25) is 0 Å². The Balaban J connectivity index is 2.26. The van der Waals surface area contributed by atoms with Crippen molar-refractivity contribution in [3.05, 3.63) is 35.4 Å². The first-order valence-corrected chi connectivity index (χ1v) is 4.73. The van der Waals surface area contributed by atoms with Crippen LogP contribution in [0.15, 0.2) is 18.2 Å². The van der Waals surface area contributed by atoms with Crippen molar-refractivity contribution in [1.29, 1.82) is 0 Å².